The topological polar surface area (TPSA) is 73.1 Å². The van der Waals surface area contributed by atoms with E-state index < -0.39 is 11.9 Å². The first-order valence-corrected chi connectivity index (χ1v) is 12.4. The minimum absolute atomic E-state index is 0.136. The molecule has 1 atom stereocenters. The summed E-state index contributed by atoms with van der Waals surface area (Å²) in [6.45, 7) is 5.31. The van der Waals surface area contributed by atoms with E-state index >= 15 is 0 Å². The van der Waals surface area contributed by atoms with E-state index in [4.69, 9.17) is 4.74 Å². The molecule has 1 unspecified atom stereocenters. The largest absolute Gasteiger partial charge is 0.433 e. The number of Topliss-reactive ketones (excluding diaryl/α,β-unsaturated/α-hetero) is 1. The van der Waals surface area contributed by atoms with Crippen molar-refractivity contribution in [1.29, 1.82) is 0 Å². The molecule has 37 heavy (non-hydrogen) atoms. The molecule has 10 heteroatoms. The fraction of sp³-hybridized carbons (Fsp3) is 0.407. The van der Waals surface area contributed by atoms with Crippen molar-refractivity contribution in [2.24, 2.45) is 0 Å². The number of alkyl halides is 3. The lowest BCUT2D eigenvalue weighted by atomic mass is 9.91. The van der Waals surface area contributed by atoms with Gasteiger partial charge in [0.25, 0.3) is 0 Å². The monoisotopic (exact) mass is 511 g/mol. The molecule has 0 radical (unpaired) electrons. The van der Waals surface area contributed by atoms with Crippen molar-refractivity contribution in [1.82, 2.24) is 24.6 Å². The average Bonchev–Trinajstić information content (AvgIpc) is 3.30. The molecule has 1 aliphatic carbocycles. The van der Waals surface area contributed by atoms with Gasteiger partial charge in [-0.2, -0.15) is 18.3 Å². The Hall–Kier alpha value is -3.37. The van der Waals surface area contributed by atoms with Gasteiger partial charge < -0.3 is 4.74 Å². The Bertz CT molecular complexity index is 1280. The van der Waals surface area contributed by atoms with Crippen molar-refractivity contribution in [3.63, 3.8) is 0 Å². The van der Waals surface area contributed by atoms with Crippen LogP contribution in [0.1, 0.15) is 52.3 Å². The second kappa shape index (κ2) is 10.5. The third-order valence-electron chi connectivity index (χ3n) is 7.06. The summed E-state index contributed by atoms with van der Waals surface area (Å²) in [5.74, 6) is -0.136. The Morgan fingerprint density at radius 1 is 1.08 bits per heavy atom. The summed E-state index contributed by atoms with van der Waals surface area (Å²) in [4.78, 5) is 23.6. The molecule has 194 valence electrons. The number of nitrogens with zero attached hydrogens (tertiary/aromatic N) is 5. The number of morpholine rings is 1. The zero-order valence-electron chi connectivity index (χ0n) is 20.5. The highest BCUT2D eigenvalue weighted by molar-refractivity contribution is 5.98. The van der Waals surface area contributed by atoms with Crippen LogP contribution in [-0.2, 0) is 17.3 Å². The second-order valence-electron chi connectivity index (χ2n) is 9.41. The van der Waals surface area contributed by atoms with E-state index in [1.54, 1.807) is 13.1 Å². The third-order valence-corrected chi connectivity index (χ3v) is 7.06. The molecule has 2 aliphatic rings. The summed E-state index contributed by atoms with van der Waals surface area (Å²) >= 11 is 0. The van der Waals surface area contributed by atoms with Gasteiger partial charge in [-0.3, -0.25) is 14.7 Å². The second-order valence-corrected chi connectivity index (χ2v) is 9.41. The number of carbonyl (C=O) groups is 1. The van der Waals surface area contributed by atoms with Crippen LogP contribution >= 0.6 is 0 Å². The normalized spacial score (nSPS) is 19.0. The van der Waals surface area contributed by atoms with Crippen LogP contribution in [0.2, 0.25) is 0 Å². The summed E-state index contributed by atoms with van der Waals surface area (Å²) in [5, 5.41) is 4.20. The van der Waals surface area contributed by atoms with E-state index in [-0.39, 0.29) is 12.2 Å². The minimum atomic E-state index is -4.51. The van der Waals surface area contributed by atoms with Gasteiger partial charge in [0.05, 0.1) is 48.2 Å². The number of halogens is 3. The Kier molecular flexibility index (Phi) is 7.21. The maximum atomic E-state index is 13.0. The van der Waals surface area contributed by atoms with E-state index in [1.165, 1.54) is 22.5 Å². The maximum absolute atomic E-state index is 13.0. The number of carbonyl (C=O) groups excluding carboxylic acids is 1. The van der Waals surface area contributed by atoms with Gasteiger partial charge in [0.15, 0.2) is 5.78 Å². The van der Waals surface area contributed by atoms with Crippen LogP contribution in [-0.4, -0.2) is 62.8 Å². The van der Waals surface area contributed by atoms with E-state index in [0.29, 0.717) is 23.0 Å². The third kappa shape index (κ3) is 5.65. The van der Waals surface area contributed by atoms with Gasteiger partial charge in [-0.15, -0.1) is 0 Å². The zero-order chi connectivity index (χ0) is 26.0. The Balaban J connectivity index is 1.22. The van der Waals surface area contributed by atoms with Crippen LogP contribution in [0.15, 0.2) is 48.9 Å². The standard InChI is InChI=1S/C27H28F3N5O2/c1-18-23(17-33-35(18)22-7-9-26(32-16-22)27(28,29)30)25(36)14-19-2-8-24(31-15-19)20-3-5-21(6-4-20)34-10-12-37-13-11-34/h2-3,7-9,15-17,21H,4-6,10-14H2,1H3. The zero-order valence-corrected chi connectivity index (χ0v) is 20.5. The molecule has 0 spiro atoms. The highest BCUT2D eigenvalue weighted by atomic mass is 19.4. The predicted octanol–water partition coefficient (Wildman–Crippen LogP) is 4.68. The van der Waals surface area contributed by atoms with E-state index in [9.17, 15) is 18.0 Å². The summed E-state index contributed by atoms with van der Waals surface area (Å²) < 4.78 is 45.2. The van der Waals surface area contributed by atoms with Gasteiger partial charge in [-0.1, -0.05) is 12.1 Å². The molecule has 0 saturated carbocycles. The molecule has 4 heterocycles. The Morgan fingerprint density at radius 2 is 1.89 bits per heavy atom. The Morgan fingerprint density at radius 3 is 2.51 bits per heavy atom. The smallest absolute Gasteiger partial charge is 0.379 e. The van der Waals surface area contributed by atoms with E-state index in [0.717, 1.165) is 69.1 Å². The number of pyridine rings is 2. The van der Waals surface area contributed by atoms with Gasteiger partial charge in [-0.05, 0) is 55.5 Å². The molecule has 1 fully saturated rings. The number of allylic oxidation sites excluding steroid dienone is 1. The molecule has 0 bridgehead atoms. The highest BCUT2D eigenvalue weighted by Gasteiger charge is 2.32. The molecule has 1 aliphatic heterocycles. The first-order chi connectivity index (χ1) is 17.8. The fourth-order valence-corrected chi connectivity index (χ4v) is 4.95. The van der Waals surface area contributed by atoms with Crippen LogP contribution in [0.5, 0.6) is 0 Å². The lowest BCUT2D eigenvalue weighted by molar-refractivity contribution is -0.141. The summed E-state index contributed by atoms with van der Waals surface area (Å²) in [6.07, 6.45) is 5.29. The molecule has 0 N–H and O–H groups in total. The predicted molar refractivity (Wildman–Crippen MR) is 131 cm³/mol. The number of hydrogen-bond donors (Lipinski definition) is 0. The molecule has 1 saturated heterocycles. The van der Waals surface area contributed by atoms with Crippen LogP contribution in [0.4, 0.5) is 13.2 Å². The maximum Gasteiger partial charge on any atom is 0.433 e. The van der Waals surface area contributed by atoms with Crippen molar-refractivity contribution in [3.05, 3.63) is 77.1 Å². The van der Waals surface area contributed by atoms with Crippen molar-refractivity contribution in [3.8, 4) is 5.69 Å². The summed E-state index contributed by atoms with van der Waals surface area (Å²) in [7, 11) is 0. The number of ether oxygens (including phenoxy) is 1. The molecular weight excluding hydrogens is 483 g/mol. The molecule has 0 aromatic carbocycles. The minimum Gasteiger partial charge on any atom is -0.379 e. The van der Waals surface area contributed by atoms with Crippen molar-refractivity contribution >= 4 is 11.4 Å². The molecule has 3 aromatic heterocycles. The average molecular weight is 512 g/mol. The van der Waals surface area contributed by atoms with Crippen LogP contribution in [0.3, 0.4) is 0 Å². The molecule has 7 nitrogen and oxygen atoms in total. The van der Waals surface area contributed by atoms with Crippen molar-refractivity contribution in [2.45, 2.75) is 44.8 Å². The van der Waals surface area contributed by atoms with Gasteiger partial charge in [0.1, 0.15) is 5.69 Å². The number of aromatic nitrogens is 4. The Labute approximate surface area is 213 Å². The lowest BCUT2D eigenvalue weighted by Crippen LogP contribution is -2.43. The van der Waals surface area contributed by atoms with Gasteiger partial charge in [0, 0.05) is 31.7 Å². The SMILES string of the molecule is Cc1c(C(=O)Cc2ccc(C3=CCC(N4CCOCC4)CC3)nc2)cnn1-c1ccc(C(F)(F)F)nc1. The van der Waals surface area contributed by atoms with Crippen LogP contribution in [0, 0.1) is 6.92 Å². The van der Waals surface area contributed by atoms with Gasteiger partial charge in [-0.25, -0.2) is 9.67 Å². The van der Waals surface area contributed by atoms with Crippen LogP contribution < -0.4 is 0 Å². The van der Waals surface area contributed by atoms with Gasteiger partial charge >= 0.3 is 6.18 Å². The summed E-state index contributed by atoms with van der Waals surface area (Å²) in [6, 6.07) is 6.64. The van der Waals surface area contributed by atoms with Gasteiger partial charge in [0.2, 0.25) is 0 Å². The highest BCUT2D eigenvalue weighted by Crippen LogP contribution is 2.30. The lowest BCUT2D eigenvalue weighted by Gasteiger charge is -2.36. The molecular formula is C27H28F3N5O2. The van der Waals surface area contributed by atoms with Crippen LogP contribution in [0.25, 0.3) is 11.3 Å². The quantitative estimate of drug-likeness (QED) is 0.448. The van der Waals surface area contributed by atoms with E-state index in [1.807, 2.05) is 12.1 Å². The first-order valence-electron chi connectivity index (χ1n) is 12.4. The number of rotatable bonds is 6. The molecule has 5 rings (SSSR count). The molecule has 0 amide bonds. The van der Waals surface area contributed by atoms with E-state index in [2.05, 4.69) is 26.0 Å². The fourth-order valence-electron chi connectivity index (χ4n) is 4.95. The number of hydrogen-bond acceptors (Lipinski definition) is 6. The molecule has 3 aromatic rings. The van der Waals surface area contributed by atoms with Crippen molar-refractivity contribution < 1.29 is 22.7 Å². The number of ketones is 1. The first kappa shape index (κ1) is 25.3. The summed E-state index contributed by atoms with van der Waals surface area (Å²) in [5.41, 5.74) is 3.30. The van der Waals surface area contributed by atoms with Crippen molar-refractivity contribution in [2.75, 3.05) is 26.3 Å².